The van der Waals surface area contributed by atoms with Crippen molar-refractivity contribution in [2.45, 2.75) is 39.7 Å². The Kier molecular flexibility index (Phi) is 4.55. The normalized spacial score (nSPS) is 11.1. The number of carbonyl (C=O) groups is 1. The smallest absolute Gasteiger partial charge is 0.251 e. The van der Waals surface area contributed by atoms with Crippen LogP contribution in [0.1, 0.15) is 44.5 Å². The Morgan fingerprint density at radius 1 is 1.35 bits per heavy atom. The fraction of sp³-hybridized carbons (Fsp3) is 0.500. The monoisotopic (exact) mass is 235 g/mol. The summed E-state index contributed by atoms with van der Waals surface area (Å²) in [4.78, 5) is 11.8. The van der Waals surface area contributed by atoms with Gasteiger partial charge in [0, 0.05) is 12.1 Å². The van der Waals surface area contributed by atoms with E-state index in [-0.39, 0.29) is 11.5 Å². The molecular weight excluding hydrogens is 214 g/mol. The lowest BCUT2D eigenvalue weighted by molar-refractivity contribution is 0.0950. The molecule has 3 heteroatoms. The Hall–Kier alpha value is -1.51. The van der Waals surface area contributed by atoms with Crippen LogP contribution in [0.2, 0.25) is 0 Å². The summed E-state index contributed by atoms with van der Waals surface area (Å²) in [5.74, 6) is 0.674. The van der Waals surface area contributed by atoms with Gasteiger partial charge in [0.15, 0.2) is 0 Å². The van der Waals surface area contributed by atoms with Crippen molar-refractivity contribution in [2.24, 2.45) is 0 Å². The SMILES string of the molecule is CCCNC(=O)c1cccc(OC(C)(C)C)c1. The van der Waals surface area contributed by atoms with E-state index in [1.807, 2.05) is 39.8 Å². The topological polar surface area (TPSA) is 38.3 Å². The van der Waals surface area contributed by atoms with Gasteiger partial charge in [0.1, 0.15) is 11.4 Å². The predicted octanol–water partition coefficient (Wildman–Crippen LogP) is 3.00. The van der Waals surface area contributed by atoms with Gasteiger partial charge in [-0.1, -0.05) is 13.0 Å². The lowest BCUT2D eigenvalue weighted by Gasteiger charge is -2.21. The zero-order valence-corrected chi connectivity index (χ0v) is 11.0. The molecule has 0 unspecified atom stereocenters. The van der Waals surface area contributed by atoms with Gasteiger partial charge in [0.25, 0.3) is 5.91 Å². The molecule has 3 nitrogen and oxygen atoms in total. The first-order valence-corrected chi connectivity index (χ1v) is 5.99. The first-order valence-electron chi connectivity index (χ1n) is 5.99. The van der Waals surface area contributed by atoms with Crippen LogP contribution in [0.3, 0.4) is 0 Å². The van der Waals surface area contributed by atoms with Crippen LogP contribution in [0, 0.1) is 0 Å². The van der Waals surface area contributed by atoms with Gasteiger partial charge in [-0.2, -0.15) is 0 Å². The maximum atomic E-state index is 11.8. The molecule has 1 rings (SSSR count). The minimum Gasteiger partial charge on any atom is -0.488 e. The third-order valence-corrected chi connectivity index (χ3v) is 2.06. The lowest BCUT2D eigenvalue weighted by Crippen LogP contribution is -2.25. The van der Waals surface area contributed by atoms with Crippen LogP contribution in [0.25, 0.3) is 0 Å². The number of ether oxygens (including phenoxy) is 1. The maximum absolute atomic E-state index is 11.8. The Labute approximate surface area is 103 Å². The number of rotatable bonds is 4. The third kappa shape index (κ3) is 4.89. The highest BCUT2D eigenvalue weighted by molar-refractivity contribution is 5.94. The van der Waals surface area contributed by atoms with Crippen molar-refractivity contribution >= 4 is 5.91 Å². The van der Waals surface area contributed by atoms with E-state index < -0.39 is 0 Å². The van der Waals surface area contributed by atoms with Crippen molar-refractivity contribution in [1.29, 1.82) is 0 Å². The first kappa shape index (κ1) is 13.6. The summed E-state index contributed by atoms with van der Waals surface area (Å²) < 4.78 is 5.72. The highest BCUT2D eigenvalue weighted by Crippen LogP contribution is 2.19. The molecule has 0 fully saturated rings. The number of hydrogen-bond donors (Lipinski definition) is 1. The van der Waals surface area contributed by atoms with Gasteiger partial charge >= 0.3 is 0 Å². The molecule has 0 aliphatic carbocycles. The minimum absolute atomic E-state index is 0.0498. The quantitative estimate of drug-likeness (QED) is 0.871. The summed E-state index contributed by atoms with van der Waals surface area (Å²) in [5, 5.41) is 2.84. The molecule has 0 aromatic heterocycles. The summed E-state index contributed by atoms with van der Waals surface area (Å²) in [6.45, 7) is 8.67. The molecule has 0 heterocycles. The molecule has 1 aromatic rings. The molecule has 0 atom stereocenters. The molecule has 0 saturated heterocycles. The Bertz CT molecular complexity index is 380. The van der Waals surface area contributed by atoms with Gasteiger partial charge in [0.05, 0.1) is 0 Å². The first-order chi connectivity index (χ1) is 7.92. The second kappa shape index (κ2) is 5.71. The molecule has 0 bridgehead atoms. The molecule has 1 N–H and O–H groups in total. The van der Waals surface area contributed by atoms with Crippen LogP contribution < -0.4 is 10.1 Å². The molecule has 0 aliphatic rings. The standard InChI is InChI=1S/C14H21NO2/c1-5-9-15-13(16)11-7-6-8-12(10-11)17-14(2,3)4/h6-8,10H,5,9H2,1-4H3,(H,15,16). The summed E-state index contributed by atoms with van der Waals surface area (Å²) >= 11 is 0. The number of nitrogens with one attached hydrogen (secondary N) is 1. The second-order valence-electron chi connectivity index (χ2n) is 5.00. The highest BCUT2D eigenvalue weighted by Gasteiger charge is 2.13. The van der Waals surface area contributed by atoms with Crippen molar-refractivity contribution in [3.05, 3.63) is 29.8 Å². The van der Waals surface area contributed by atoms with Crippen molar-refractivity contribution < 1.29 is 9.53 Å². The van der Waals surface area contributed by atoms with E-state index in [0.29, 0.717) is 12.1 Å². The fourth-order valence-corrected chi connectivity index (χ4v) is 1.39. The van der Waals surface area contributed by atoms with E-state index >= 15 is 0 Å². The Morgan fingerprint density at radius 2 is 2.06 bits per heavy atom. The van der Waals surface area contributed by atoms with E-state index in [1.165, 1.54) is 0 Å². The lowest BCUT2D eigenvalue weighted by atomic mass is 10.1. The molecule has 94 valence electrons. The van der Waals surface area contributed by atoms with Gasteiger partial charge in [-0.05, 0) is 45.4 Å². The number of carbonyl (C=O) groups excluding carboxylic acids is 1. The fourth-order valence-electron chi connectivity index (χ4n) is 1.39. The van der Waals surface area contributed by atoms with Crippen molar-refractivity contribution in [3.8, 4) is 5.75 Å². The van der Waals surface area contributed by atoms with Gasteiger partial charge in [-0.15, -0.1) is 0 Å². The summed E-state index contributed by atoms with van der Waals surface area (Å²) in [7, 11) is 0. The minimum atomic E-state index is -0.251. The van der Waals surface area contributed by atoms with E-state index in [0.717, 1.165) is 12.2 Å². The van der Waals surface area contributed by atoms with Crippen LogP contribution in [0.4, 0.5) is 0 Å². The van der Waals surface area contributed by atoms with Crippen LogP contribution in [0.5, 0.6) is 5.75 Å². The van der Waals surface area contributed by atoms with Crippen LogP contribution in [0.15, 0.2) is 24.3 Å². The van der Waals surface area contributed by atoms with Crippen molar-refractivity contribution in [3.63, 3.8) is 0 Å². The van der Waals surface area contributed by atoms with Crippen LogP contribution in [-0.2, 0) is 0 Å². The van der Waals surface area contributed by atoms with Crippen molar-refractivity contribution in [1.82, 2.24) is 5.32 Å². The number of benzene rings is 1. The molecule has 0 aliphatic heterocycles. The Balaban J connectivity index is 2.75. The molecule has 1 amide bonds. The molecule has 17 heavy (non-hydrogen) atoms. The molecule has 0 spiro atoms. The van der Waals surface area contributed by atoms with E-state index in [4.69, 9.17) is 4.74 Å². The maximum Gasteiger partial charge on any atom is 0.251 e. The summed E-state index contributed by atoms with van der Waals surface area (Å²) in [6, 6.07) is 7.26. The van der Waals surface area contributed by atoms with Gasteiger partial charge < -0.3 is 10.1 Å². The third-order valence-electron chi connectivity index (χ3n) is 2.06. The zero-order valence-electron chi connectivity index (χ0n) is 11.0. The predicted molar refractivity (Wildman–Crippen MR) is 69.4 cm³/mol. The number of amides is 1. The summed E-state index contributed by atoms with van der Waals surface area (Å²) in [5.41, 5.74) is 0.388. The average molecular weight is 235 g/mol. The number of hydrogen-bond acceptors (Lipinski definition) is 2. The zero-order chi connectivity index (χ0) is 12.9. The van der Waals surface area contributed by atoms with Gasteiger partial charge in [-0.25, -0.2) is 0 Å². The second-order valence-corrected chi connectivity index (χ2v) is 5.00. The average Bonchev–Trinajstić information content (AvgIpc) is 2.24. The van der Waals surface area contributed by atoms with E-state index in [2.05, 4.69) is 5.32 Å². The molecule has 1 aromatic carbocycles. The van der Waals surface area contributed by atoms with Crippen LogP contribution in [-0.4, -0.2) is 18.1 Å². The van der Waals surface area contributed by atoms with E-state index in [9.17, 15) is 4.79 Å². The summed E-state index contributed by atoms with van der Waals surface area (Å²) in [6.07, 6.45) is 0.934. The van der Waals surface area contributed by atoms with Crippen molar-refractivity contribution in [2.75, 3.05) is 6.54 Å². The largest absolute Gasteiger partial charge is 0.488 e. The highest BCUT2D eigenvalue weighted by atomic mass is 16.5. The van der Waals surface area contributed by atoms with E-state index in [1.54, 1.807) is 12.1 Å². The molecule has 0 radical (unpaired) electrons. The molecular formula is C14H21NO2. The molecule has 0 saturated carbocycles. The Morgan fingerprint density at radius 3 is 2.65 bits per heavy atom. The van der Waals surface area contributed by atoms with Gasteiger partial charge in [0.2, 0.25) is 0 Å². The van der Waals surface area contributed by atoms with Crippen LogP contribution >= 0.6 is 0 Å². The van der Waals surface area contributed by atoms with Gasteiger partial charge in [-0.3, -0.25) is 4.79 Å².